The minimum Gasteiger partial charge on any atom is -0.496 e. The summed E-state index contributed by atoms with van der Waals surface area (Å²) in [6.45, 7) is 1.77. The minimum atomic E-state index is -0.505. The second-order valence-corrected chi connectivity index (χ2v) is 4.61. The van der Waals surface area contributed by atoms with E-state index in [1.54, 1.807) is 6.92 Å². The lowest BCUT2D eigenvalue weighted by atomic mass is 10.2. The van der Waals surface area contributed by atoms with Crippen molar-refractivity contribution in [2.75, 3.05) is 12.4 Å². The molecule has 0 aliphatic rings. The summed E-state index contributed by atoms with van der Waals surface area (Å²) < 4.78 is 18.1. The van der Waals surface area contributed by atoms with Gasteiger partial charge in [-0.05, 0) is 25.1 Å². The molecule has 0 radical (unpaired) electrons. The molecule has 7 heteroatoms. The molecule has 1 aromatic carbocycles. The van der Waals surface area contributed by atoms with E-state index in [0.717, 1.165) is 11.1 Å². The molecule has 0 aliphatic carbocycles. The van der Waals surface area contributed by atoms with Gasteiger partial charge in [-0.2, -0.15) is 0 Å². The Morgan fingerprint density at radius 3 is 2.83 bits per heavy atom. The summed E-state index contributed by atoms with van der Waals surface area (Å²) in [4.78, 5) is 11.9. The van der Waals surface area contributed by atoms with Gasteiger partial charge in [-0.25, -0.2) is 4.39 Å². The first-order valence-electron chi connectivity index (χ1n) is 5.05. The fraction of sp³-hybridized carbons (Fsp3) is 0.182. The van der Waals surface area contributed by atoms with E-state index in [0.29, 0.717) is 10.9 Å². The van der Waals surface area contributed by atoms with Gasteiger partial charge in [0.05, 0.1) is 12.7 Å². The monoisotopic (exact) mass is 267 g/mol. The number of methoxy groups -OCH3 is 1. The summed E-state index contributed by atoms with van der Waals surface area (Å²) in [6, 6.07) is 3.74. The summed E-state index contributed by atoms with van der Waals surface area (Å²) in [7, 11) is 1.42. The molecular formula is C11H10FN3O2S. The van der Waals surface area contributed by atoms with Crippen LogP contribution >= 0.6 is 11.3 Å². The Kier molecular flexibility index (Phi) is 3.52. The predicted molar refractivity (Wildman–Crippen MR) is 65.6 cm³/mol. The average Bonchev–Trinajstić information content (AvgIpc) is 2.74. The molecule has 1 amide bonds. The Balaban J connectivity index is 2.25. The van der Waals surface area contributed by atoms with Gasteiger partial charge in [0.2, 0.25) is 5.13 Å². The van der Waals surface area contributed by atoms with Gasteiger partial charge in [-0.1, -0.05) is 11.3 Å². The molecule has 0 spiro atoms. The van der Waals surface area contributed by atoms with E-state index < -0.39 is 11.7 Å². The molecular weight excluding hydrogens is 257 g/mol. The van der Waals surface area contributed by atoms with Crippen molar-refractivity contribution in [3.05, 3.63) is 34.6 Å². The zero-order valence-corrected chi connectivity index (χ0v) is 10.5. The van der Waals surface area contributed by atoms with E-state index in [1.807, 2.05) is 0 Å². The van der Waals surface area contributed by atoms with Crippen LogP contribution in [0.1, 0.15) is 15.4 Å². The summed E-state index contributed by atoms with van der Waals surface area (Å²) >= 11 is 1.24. The SMILES string of the molecule is COc1ccc(F)cc1C(=O)Nc1nnc(C)s1. The molecule has 0 aliphatic heterocycles. The first-order chi connectivity index (χ1) is 8.60. The van der Waals surface area contributed by atoms with Crippen LogP contribution in [-0.2, 0) is 0 Å². The number of benzene rings is 1. The number of amides is 1. The van der Waals surface area contributed by atoms with Gasteiger partial charge in [0.1, 0.15) is 16.6 Å². The number of ether oxygens (including phenoxy) is 1. The Labute approximate surface area is 107 Å². The van der Waals surface area contributed by atoms with E-state index in [-0.39, 0.29) is 5.56 Å². The van der Waals surface area contributed by atoms with Gasteiger partial charge in [0.25, 0.3) is 5.91 Å². The van der Waals surface area contributed by atoms with Crippen molar-refractivity contribution in [2.45, 2.75) is 6.92 Å². The molecule has 1 N–H and O–H groups in total. The van der Waals surface area contributed by atoms with Crippen LogP contribution in [0.25, 0.3) is 0 Å². The van der Waals surface area contributed by atoms with Crippen LogP contribution in [0.4, 0.5) is 9.52 Å². The number of aryl methyl sites for hydroxylation is 1. The normalized spacial score (nSPS) is 10.2. The number of aromatic nitrogens is 2. The first-order valence-corrected chi connectivity index (χ1v) is 5.87. The highest BCUT2D eigenvalue weighted by atomic mass is 32.1. The molecule has 5 nitrogen and oxygen atoms in total. The lowest BCUT2D eigenvalue weighted by Crippen LogP contribution is -2.13. The number of carbonyl (C=O) groups is 1. The number of rotatable bonds is 3. The summed E-state index contributed by atoms with van der Waals surface area (Å²) in [5, 5.41) is 11.2. The van der Waals surface area contributed by atoms with Crippen molar-refractivity contribution in [2.24, 2.45) is 0 Å². The quantitative estimate of drug-likeness (QED) is 0.926. The smallest absolute Gasteiger partial charge is 0.261 e. The first kappa shape index (κ1) is 12.4. The third kappa shape index (κ3) is 2.62. The third-order valence-corrected chi connectivity index (χ3v) is 2.91. The van der Waals surface area contributed by atoms with E-state index in [4.69, 9.17) is 4.74 Å². The number of hydrogen-bond acceptors (Lipinski definition) is 5. The minimum absolute atomic E-state index is 0.116. The Morgan fingerprint density at radius 2 is 2.22 bits per heavy atom. The molecule has 0 atom stereocenters. The largest absolute Gasteiger partial charge is 0.496 e. The van der Waals surface area contributed by atoms with Gasteiger partial charge < -0.3 is 4.74 Å². The van der Waals surface area contributed by atoms with Crippen molar-refractivity contribution in [3.63, 3.8) is 0 Å². The van der Waals surface area contributed by atoms with E-state index in [1.165, 1.54) is 30.6 Å². The second kappa shape index (κ2) is 5.09. The Morgan fingerprint density at radius 1 is 1.44 bits per heavy atom. The van der Waals surface area contributed by atoms with Crippen LogP contribution in [0.15, 0.2) is 18.2 Å². The topological polar surface area (TPSA) is 64.1 Å². The van der Waals surface area contributed by atoms with Crippen LogP contribution in [0, 0.1) is 12.7 Å². The molecule has 18 heavy (non-hydrogen) atoms. The van der Waals surface area contributed by atoms with Crippen molar-refractivity contribution in [1.29, 1.82) is 0 Å². The molecule has 2 aromatic rings. The number of nitrogens with one attached hydrogen (secondary N) is 1. The zero-order valence-electron chi connectivity index (χ0n) is 9.73. The number of carbonyl (C=O) groups excluding carboxylic acids is 1. The fourth-order valence-corrected chi connectivity index (χ4v) is 1.96. The Hall–Kier alpha value is -2.02. The van der Waals surface area contributed by atoms with Gasteiger partial charge in [-0.3, -0.25) is 10.1 Å². The molecule has 94 valence electrons. The number of nitrogens with zero attached hydrogens (tertiary/aromatic N) is 2. The molecule has 1 heterocycles. The maximum Gasteiger partial charge on any atom is 0.261 e. The molecule has 2 rings (SSSR count). The van der Waals surface area contributed by atoms with Crippen molar-refractivity contribution in [1.82, 2.24) is 10.2 Å². The standard InChI is InChI=1S/C11H10FN3O2S/c1-6-14-15-11(18-6)13-10(16)8-5-7(12)3-4-9(8)17-2/h3-5H,1-2H3,(H,13,15,16). The van der Waals surface area contributed by atoms with Gasteiger partial charge in [0.15, 0.2) is 0 Å². The number of anilines is 1. The van der Waals surface area contributed by atoms with E-state index in [9.17, 15) is 9.18 Å². The molecule has 0 saturated heterocycles. The van der Waals surface area contributed by atoms with Gasteiger partial charge >= 0.3 is 0 Å². The van der Waals surface area contributed by atoms with E-state index >= 15 is 0 Å². The molecule has 0 bridgehead atoms. The highest BCUT2D eigenvalue weighted by Gasteiger charge is 2.15. The molecule has 0 fully saturated rings. The number of hydrogen-bond donors (Lipinski definition) is 1. The summed E-state index contributed by atoms with van der Waals surface area (Å²) in [6.07, 6.45) is 0. The molecule has 0 saturated carbocycles. The van der Waals surface area contributed by atoms with Crippen molar-refractivity contribution >= 4 is 22.4 Å². The highest BCUT2D eigenvalue weighted by molar-refractivity contribution is 7.15. The predicted octanol–water partition coefficient (Wildman–Crippen LogP) is 2.25. The zero-order chi connectivity index (χ0) is 13.1. The second-order valence-electron chi connectivity index (χ2n) is 3.42. The van der Waals surface area contributed by atoms with Crippen LogP contribution in [0.3, 0.4) is 0 Å². The lowest BCUT2D eigenvalue weighted by Gasteiger charge is -2.07. The van der Waals surface area contributed by atoms with Gasteiger partial charge in [0, 0.05) is 0 Å². The maximum absolute atomic E-state index is 13.1. The highest BCUT2D eigenvalue weighted by Crippen LogP contribution is 2.21. The molecule has 0 unspecified atom stereocenters. The average molecular weight is 267 g/mol. The van der Waals surface area contributed by atoms with E-state index in [2.05, 4.69) is 15.5 Å². The summed E-state index contributed by atoms with van der Waals surface area (Å²) in [5.74, 6) is -0.688. The van der Waals surface area contributed by atoms with Crippen molar-refractivity contribution in [3.8, 4) is 5.75 Å². The van der Waals surface area contributed by atoms with Gasteiger partial charge in [-0.15, -0.1) is 10.2 Å². The maximum atomic E-state index is 13.1. The molecule has 1 aromatic heterocycles. The number of halogens is 1. The fourth-order valence-electron chi connectivity index (χ4n) is 1.37. The summed E-state index contributed by atoms with van der Waals surface area (Å²) in [5.41, 5.74) is 0.116. The third-order valence-electron chi connectivity index (χ3n) is 2.15. The lowest BCUT2D eigenvalue weighted by molar-refractivity contribution is 0.102. The van der Waals surface area contributed by atoms with Crippen LogP contribution in [0.5, 0.6) is 5.75 Å². The van der Waals surface area contributed by atoms with Crippen LogP contribution in [-0.4, -0.2) is 23.2 Å². The van der Waals surface area contributed by atoms with Crippen LogP contribution < -0.4 is 10.1 Å². The van der Waals surface area contributed by atoms with Crippen LogP contribution in [0.2, 0.25) is 0 Å². The Bertz CT molecular complexity index is 585. The van der Waals surface area contributed by atoms with Crippen molar-refractivity contribution < 1.29 is 13.9 Å².